The number of hydrogen-bond donors (Lipinski definition) is 0. The Bertz CT molecular complexity index is 885. The van der Waals surface area contributed by atoms with Gasteiger partial charge in [0, 0.05) is 18.5 Å². The van der Waals surface area contributed by atoms with E-state index in [1.807, 2.05) is 38.1 Å². The van der Waals surface area contributed by atoms with Crippen molar-refractivity contribution in [2.45, 2.75) is 20.3 Å². The third kappa shape index (κ3) is 3.91. The molecular weight excluding hydrogens is 348 g/mol. The number of benzene rings is 2. The Morgan fingerprint density at radius 2 is 1.81 bits per heavy atom. The number of rotatable bonds is 7. The standard InChI is InChI=1S/C20H20N2O3S/c1-3-17(23)14-9-11-15(12-10-14)25-13-19(24)22(4-2)20-21-16-7-5-6-8-18(16)26-20/h5-12H,3-4,13H2,1-2H3. The first kappa shape index (κ1) is 18.1. The van der Waals surface area contributed by atoms with E-state index in [0.717, 1.165) is 10.2 Å². The molecule has 0 unspecified atom stereocenters. The highest BCUT2D eigenvalue weighted by molar-refractivity contribution is 7.22. The van der Waals surface area contributed by atoms with Gasteiger partial charge in [0.15, 0.2) is 17.5 Å². The molecule has 0 saturated carbocycles. The molecule has 0 aliphatic rings. The van der Waals surface area contributed by atoms with E-state index < -0.39 is 0 Å². The summed E-state index contributed by atoms with van der Waals surface area (Å²) >= 11 is 1.49. The molecule has 0 aliphatic carbocycles. The predicted octanol–water partition coefficient (Wildman–Crippen LogP) is 4.32. The number of para-hydroxylation sites is 1. The summed E-state index contributed by atoms with van der Waals surface area (Å²) < 4.78 is 6.64. The maximum Gasteiger partial charge on any atom is 0.266 e. The number of fused-ring (bicyclic) bond motifs is 1. The smallest absolute Gasteiger partial charge is 0.266 e. The highest BCUT2D eigenvalue weighted by atomic mass is 32.1. The third-order valence-corrected chi connectivity index (χ3v) is 5.05. The maximum absolute atomic E-state index is 12.6. The lowest BCUT2D eigenvalue weighted by Crippen LogP contribution is -2.34. The molecule has 0 bridgehead atoms. The Morgan fingerprint density at radius 1 is 1.08 bits per heavy atom. The number of likely N-dealkylation sites (N-methyl/N-ethyl adjacent to an activating group) is 1. The molecule has 5 nitrogen and oxygen atoms in total. The van der Waals surface area contributed by atoms with Crippen LogP contribution in [0.5, 0.6) is 5.75 Å². The molecule has 1 heterocycles. The molecule has 0 saturated heterocycles. The van der Waals surface area contributed by atoms with Gasteiger partial charge in [-0.25, -0.2) is 4.98 Å². The van der Waals surface area contributed by atoms with Crippen molar-refractivity contribution in [3.8, 4) is 5.75 Å². The lowest BCUT2D eigenvalue weighted by molar-refractivity contribution is -0.120. The van der Waals surface area contributed by atoms with Gasteiger partial charge in [-0.15, -0.1) is 0 Å². The molecule has 1 amide bonds. The molecule has 134 valence electrons. The van der Waals surface area contributed by atoms with Crippen molar-refractivity contribution in [2.24, 2.45) is 0 Å². The van der Waals surface area contributed by atoms with Crippen LogP contribution in [0.3, 0.4) is 0 Å². The van der Waals surface area contributed by atoms with Gasteiger partial charge in [0.2, 0.25) is 0 Å². The van der Waals surface area contributed by atoms with Crippen molar-refractivity contribution in [1.82, 2.24) is 4.98 Å². The van der Waals surface area contributed by atoms with Crippen LogP contribution in [0.25, 0.3) is 10.2 Å². The van der Waals surface area contributed by atoms with E-state index in [0.29, 0.717) is 29.4 Å². The number of thiazole rings is 1. The van der Waals surface area contributed by atoms with Crippen molar-refractivity contribution in [3.05, 3.63) is 54.1 Å². The summed E-state index contributed by atoms with van der Waals surface area (Å²) in [4.78, 5) is 30.4. The Morgan fingerprint density at radius 3 is 2.46 bits per heavy atom. The first-order valence-corrected chi connectivity index (χ1v) is 9.36. The van der Waals surface area contributed by atoms with Crippen LogP contribution in [0.4, 0.5) is 5.13 Å². The zero-order valence-electron chi connectivity index (χ0n) is 14.8. The summed E-state index contributed by atoms with van der Waals surface area (Å²) in [6.07, 6.45) is 0.465. The highest BCUT2D eigenvalue weighted by Gasteiger charge is 2.18. The molecule has 0 radical (unpaired) electrons. The molecule has 3 rings (SSSR count). The molecule has 1 aromatic heterocycles. The van der Waals surface area contributed by atoms with Crippen LogP contribution in [0.2, 0.25) is 0 Å². The number of aromatic nitrogens is 1. The van der Waals surface area contributed by atoms with Gasteiger partial charge < -0.3 is 4.74 Å². The summed E-state index contributed by atoms with van der Waals surface area (Å²) in [5.41, 5.74) is 1.53. The minimum atomic E-state index is -0.153. The second-order valence-corrected chi connectivity index (χ2v) is 6.70. The van der Waals surface area contributed by atoms with E-state index in [2.05, 4.69) is 4.98 Å². The van der Waals surface area contributed by atoms with Gasteiger partial charge in [-0.2, -0.15) is 0 Å². The largest absolute Gasteiger partial charge is 0.484 e. The summed E-state index contributed by atoms with van der Waals surface area (Å²) in [6, 6.07) is 14.7. The van der Waals surface area contributed by atoms with Gasteiger partial charge in [-0.3, -0.25) is 14.5 Å². The van der Waals surface area contributed by atoms with E-state index in [-0.39, 0.29) is 18.3 Å². The van der Waals surface area contributed by atoms with Crippen LogP contribution >= 0.6 is 11.3 Å². The van der Waals surface area contributed by atoms with Crippen LogP contribution in [-0.2, 0) is 4.79 Å². The van der Waals surface area contributed by atoms with Crippen molar-refractivity contribution in [2.75, 3.05) is 18.1 Å². The number of ketones is 1. The lowest BCUT2D eigenvalue weighted by Gasteiger charge is -2.17. The molecule has 26 heavy (non-hydrogen) atoms. The van der Waals surface area contributed by atoms with Gasteiger partial charge in [0.1, 0.15) is 5.75 Å². The monoisotopic (exact) mass is 368 g/mol. The van der Waals surface area contributed by atoms with Crippen LogP contribution in [0, 0.1) is 0 Å². The summed E-state index contributed by atoms with van der Waals surface area (Å²) in [6.45, 7) is 4.18. The molecule has 0 fully saturated rings. The van der Waals surface area contributed by atoms with Gasteiger partial charge in [0.05, 0.1) is 10.2 Å². The van der Waals surface area contributed by atoms with E-state index in [9.17, 15) is 9.59 Å². The fourth-order valence-corrected chi connectivity index (χ4v) is 3.60. The zero-order valence-corrected chi connectivity index (χ0v) is 15.6. The molecule has 6 heteroatoms. The molecule has 0 N–H and O–H groups in total. The number of ether oxygens (including phenoxy) is 1. The number of carbonyl (C=O) groups excluding carboxylic acids is 2. The topological polar surface area (TPSA) is 59.5 Å². The average Bonchev–Trinajstić information content (AvgIpc) is 3.10. The minimum absolute atomic E-state index is 0.0785. The first-order chi connectivity index (χ1) is 12.6. The van der Waals surface area contributed by atoms with Crippen LogP contribution in [0.1, 0.15) is 30.6 Å². The van der Waals surface area contributed by atoms with Gasteiger partial charge in [-0.05, 0) is 43.3 Å². The Kier molecular flexibility index (Phi) is 5.63. The van der Waals surface area contributed by atoms with Crippen molar-refractivity contribution < 1.29 is 14.3 Å². The molecular formula is C20H20N2O3S. The fourth-order valence-electron chi connectivity index (χ4n) is 2.56. The van der Waals surface area contributed by atoms with Gasteiger partial charge >= 0.3 is 0 Å². The number of Topliss-reactive ketones (excluding diaryl/α,β-unsaturated/α-hetero) is 1. The average molecular weight is 368 g/mol. The Labute approximate surface area is 156 Å². The molecule has 0 spiro atoms. The number of hydrogen-bond acceptors (Lipinski definition) is 5. The molecule has 2 aromatic carbocycles. The van der Waals surface area contributed by atoms with E-state index in [1.54, 1.807) is 29.2 Å². The summed E-state index contributed by atoms with van der Waals surface area (Å²) in [7, 11) is 0. The number of amides is 1. The van der Waals surface area contributed by atoms with Gasteiger partial charge in [-0.1, -0.05) is 30.4 Å². The van der Waals surface area contributed by atoms with Crippen LogP contribution in [-0.4, -0.2) is 29.8 Å². The zero-order chi connectivity index (χ0) is 18.5. The van der Waals surface area contributed by atoms with Crippen molar-refractivity contribution in [3.63, 3.8) is 0 Å². The minimum Gasteiger partial charge on any atom is -0.484 e. The number of anilines is 1. The van der Waals surface area contributed by atoms with E-state index in [1.165, 1.54) is 11.3 Å². The summed E-state index contributed by atoms with van der Waals surface area (Å²) in [5.74, 6) is 0.493. The van der Waals surface area contributed by atoms with E-state index >= 15 is 0 Å². The van der Waals surface area contributed by atoms with Crippen molar-refractivity contribution >= 4 is 38.4 Å². The predicted molar refractivity (Wildman–Crippen MR) is 104 cm³/mol. The highest BCUT2D eigenvalue weighted by Crippen LogP contribution is 2.28. The third-order valence-electron chi connectivity index (χ3n) is 3.99. The van der Waals surface area contributed by atoms with Crippen molar-refractivity contribution in [1.29, 1.82) is 0 Å². The maximum atomic E-state index is 12.6. The number of nitrogens with zero attached hydrogens (tertiary/aromatic N) is 2. The Balaban J connectivity index is 1.66. The van der Waals surface area contributed by atoms with E-state index in [4.69, 9.17) is 4.74 Å². The molecule has 0 atom stereocenters. The molecule has 0 aliphatic heterocycles. The normalized spacial score (nSPS) is 10.7. The lowest BCUT2D eigenvalue weighted by atomic mass is 10.1. The van der Waals surface area contributed by atoms with Crippen LogP contribution in [0.15, 0.2) is 48.5 Å². The van der Waals surface area contributed by atoms with Gasteiger partial charge in [0.25, 0.3) is 5.91 Å². The Hall–Kier alpha value is -2.73. The second-order valence-electron chi connectivity index (χ2n) is 5.69. The SMILES string of the molecule is CCC(=O)c1ccc(OCC(=O)N(CC)c2nc3ccccc3s2)cc1. The molecule has 3 aromatic rings. The number of carbonyl (C=O) groups is 2. The second kappa shape index (κ2) is 8.10. The fraction of sp³-hybridized carbons (Fsp3) is 0.250. The summed E-state index contributed by atoms with van der Waals surface area (Å²) in [5, 5.41) is 0.672. The quantitative estimate of drug-likeness (QED) is 0.583. The van der Waals surface area contributed by atoms with Crippen LogP contribution < -0.4 is 9.64 Å². The first-order valence-electron chi connectivity index (χ1n) is 8.54.